The SMILES string of the molecule is CC(CCc1ccc(O)cc1)NC(=O)[C@H]1CCCNC1. The van der Waals surface area contributed by atoms with Crippen molar-refractivity contribution in [3.63, 3.8) is 0 Å². The van der Waals surface area contributed by atoms with Gasteiger partial charge in [0, 0.05) is 12.6 Å². The number of piperidine rings is 1. The summed E-state index contributed by atoms with van der Waals surface area (Å²) in [4.78, 5) is 12.1. The minimum absolute atomic E-state index is 0.125. The quantitative estimate of drug-likeness (QED) is 0.769. The van der Waals surface area contributed by atoms with E-state index in [1.165, 1.54) is 5.56 Å². The topological polar surface area (TPSA) is 61.4 Å². The Kier molecular flexibility index (Phi) is 5.41. The van der Waals surface area contributed by atoms with Crippen LogP contribution < -0.4 is 10.6 Å². The highest BCUT2D eigenvalue weighted by atomic mass is 16.3. The molecule has 3 N–H and O–H groups in total. The summed E-state index contributed by atoms with van der Waals surface area (Å²) in [6.45, 7) is 3.88. The van der Waals surface area contributed by atoms with E-state index in [2.05, 4.69) is 17.6 Å². The van der Waals surface area contributed by atoms with Gasteiger partial charge in [0.1, 0.15) is 5.75 Å². The predicted octanol–water partition coefficient (Wildman–Crippen LogP) is 1.83. The molecule has 110 valence electrons. The number of phenols is 1. The van der Waals surface area contributed by atoms with Crippen molar-refractivity contribution in [2.75, 3.05) is 13.1 Å². The molecule has 1 aliphatic rings. The molecule has 1 heterocycles. The Morgan fingerprint density at radius 3 is 2.85 bits per heavy atom. The van der Waals surface area contributed by atoms with Crippen molar-refractivity contribution in [3.05, 3.63) is 29.8 Å². The van der Waals surface area contributed by atoms with Crippen molar-refractivity contribution in [1.82, 2.24) is 10.6 Å². The summed E-state index contributed by atoms with van der Waals surface area (Å²) in [5.74, 6) is 0.593. The van der Waals surface area contributed by atoms with Crippen LogP contribution in [-0.2, 0) is 11.2 Å². The van der Waals surface area contributed by atoms with Crippen molar-refractivity contribution in [2.45, 2.75) is 38.6 Å². The minimum atomic E-state index is 0.125. The van der Waals surface area contributed by atoms with Gasteiger partial charge >= 0.3 is 0 Å². The van der Waals surface area contributed by atoms with Gasteiger partial charge in [-0.05, 0) is 56.8 Å². The van der Waals surface area contributed by atoms with Crippen LogP contribution in [0.15, 0.2) is 24.3 Å². The van der Waals surface area contributed by atoms with Gasteiger partial charge in [-0.1, -0.05) is 12.1 Å². The van der Waals surface area contributed by atoms with Crippen LogP contribution in [0, 0.1) is 5.92 Å². The normalized spacial score (nSPS) is 20.4. The molecule has 2 rings (SSSR count). The van der Waals surface area contributed by atoms with E-state index >= 15 is 0 Å². The Hall–Kier alpha value is -1.55. The second-order valence-corrected chi connectivity index (χ2v) is 5.66. The molecule has 2 atom stereocenters. The lowest BCUT2D eigenvalue weighted by Crippen LogP contribution is -2.43. The maximum atomic E-state index is 12.1. The Balaban J connectivity index is 1.73. The number of hydrogen-bond donors (Lipinski definition) is 3. The number of amides is 1. The number of carbonyl (C=O) groups is 1. The number of phenolic OH excluding ortho intramolecular Hbond substituents is 1. The summed E-state index contributed by atoms with van der Waals surface area (Å²) in [7, 11) is 0. The Bertz CT molecular complexity index is 425. The van der Waals surface area contributed by atoms with Crippen molar-refractivity contribution in [2.24, 2.45) is 5.92 Å². The smallest absolute Gasteiger partial charge is 0.224 e. The molecule has 1 aliphatic heterocycles. The number of rotatable bonds is 5. The van der Waals surface area contributed by atoms with Crippen LogP contribution >= 0.6 is 0 Å². The average molecular weight is 276 g/mol. The lowest BCUT2D eigenvalue weighted by Gasteiger charge is -2.24. The fourth-order valence-corrected chi connectivity index (χ4v) is 2.55. The first-order chi connectivity index (χ1) is 9.65. The van der Waals surface area contributed by atoms with Crippen LogP contribution in [0.25, 0.3) is 0 Å². The first-order valence-corrected chi connectivity index (χ1v) is 7.44. The second-order valence-electron chi connectivity index (χ2n) is 5.66. The van der Waals surface area contributed by atoms with Gasteiger partial charge in [0.05, 0.1) is 5.92 Å². The van der Waals surface area contributed by atoms with E-state index in [0.29, 0.717) is 5.75 Å². The summed E-state index contributed by atoms with van der Waals surface area (Å²) >= 11 is 0. The van der Waals surface area contributed by atoms with Gasteiger partial charge in [0.2, 0.25) is 5.91 Å². The summed E-state index contributed by atoms with van der Waals surface area (Å²) in [6.07, 6.45) is 3.89. The van der Waals surface area contributed by atoms with Crippen molar-refractivity contribution in [3.8, 4) is 5.75 Å². The zero-order valence-electron chi connectivity index (χ0n) is 12.1. The summed E-state index contributed by atoms with van der Waals surface area (Å²) < 4.78 is 0. The van der Waals surface area contributed by atoms with E-state index in [4.69, 9.17) is 0 Å². The highest BCUT2D eigenvalue weighted by Gasteiger charge is 2.21. The molecule has 0 radical (unpaired) electrons. The zero-order valence-corrected chi connectivity index (χ0v) is 12.1. The molecule has 0 bridgehead atoms. The molecule has 1 aromatic carbocycles. The zero-order chi connectivity index (χ0) is 14.4. The van der Waals surface area contributed by atoms with E-state index < -0.39 is 0 Å². The fourth-order valence-electron chi connectivity index (χ4n) is 2.55. The second kappa shape index (κ2) is 7.29. The molecule has 4 nitrogen and oxygen atoms in total. The molecule has 0 aliphatic carbocycles. The lowest BCUT2D eigenvalue weighted by atomic mass is 9.98. The fraction of sp³-hybridized carbons (Fsp3) is 0.562. The van der Waals surface area contributed by atoms with Crippen LogP contribution in [0.5, 0.6) is 5.75 Å². The van der Waals surface area contributed by atoms with E-state index in [1.54, 1.807) is 12.1 Å². The maximum Gasteiger partial charge on any atom is 0.224 e. The molecule has 1 aromatic rings. The Morgan fingerprint density at radius 2 is 2.20 bits per heavy atom. The van der Waals surface area contributed by atoms with Crippen molar-refractivity contribution < 1.29 is 9.90 Å². The summed E-state index contributed by atoms with van der Waals surface area (Å²) in [5.41, 5.74) is 1.18. The van der Waals surface area contributed by atoms with Crippen LogP contribution in [-0.4, -0.2) is 30.1 Å². The van der Waals surface area contributed by atoms with Gasteiger partial charge in [-0.15, -0.1) is 0 Å². The molecule has 0 saturated carbocycles. The number of hydrogen-bond acceptors (Lipinski definition) is 3. The number of carbonyl (C=O) groups excluding carboxylic acids is 1. The number of aryl methyl sites for hydroxylation is 1. The largest absolute Gasteiger partial charge is 0.508 e. The summed E-state index contributed by atoms with van der Waals surface area (Å²) in [6, 6.07) is 7.43. The third-order valence-electron chi connectivity index (χ3n) is 3.86. The Labute approximate surface area is 120 Å². The highest BCUT2D eigenvalue weighted by molar-refractivity contribution is 5.79. The van der Waals surface area contributed by atoms with Crippen LogP contribution in [0.4, 0.5) is 0 Å². The lowest BCUT2D eigenvalue weighted by molar-refractivity contribution is -0.126. The molecule has 0 aromatic heterocycles. The van der Waals surface area contributed by atoms with Crippen LogP contribution in [0.3, 0.4) is 0 Å². The van der Waals surface area contributed by atoms with Gasteiger partial charge in [0.15, 0.2) is 0 Å². The first kappa shape index (κ1) is 14.9. The maximum absolute atomic E-state index is 12.1. The molecule has 1 unspecified atom stereocenters. The molecular weight excluding hydrogens is 252 g/mol. The number of nitrogens with one attached hydrogen (secondary N) is 2. The molecule has 0 spiro atoms. The molecule has 20 heavy (non-hydrogen) atoms. The molecule has 1 amide bonds. The van der Waals surface area contributed by atoms with E-state index in [1.807, 2.05) is 12.1 Å². The van der Waals surface area contributed by atoms with E-state index in [9.17, 15) is 9.90 Å². The van der Waals surface area contributed by atoms with E-state index in [-0.39, 0.29) is 17.9 Å². The average Bonchev–Trinajstić information content (AvgIpc) is 2.47. The van der Waals surface area contributed by atoms with Crippen molar-refractivity contribution in [1.29, 1.82) is 0 Å². The summed E-state index contributed by atoms with van der Waals surface area (Å²) in [5, 5.41) is 15.6. The van der Waals surface area contributed by atoms with Gasteiger partial charge < -0.3 is 15.7 Å². The molecule has 1 saturated heterocycles. The van der Waals surface area contributed by atoms with Crippen LogP contribution in [0.1, 0.15) is 31.7 Å². The van der Waals surface area contributed by atoms with Gasteiger partial charge in [0.25, 0.3) is 0 Å². The number of aromatic hydroxyl groups is 1. The molecular formula is C16H24N2O2. The molecule has 4 heteroatoms. The number of benzene rings is 1. The van der Waals surface area contributed by atoms with Gasteiger partial charge in [-0.25, -0.2) is 0 Å². The third kappa shape index (κ3) is 4.53. The van der Waals surface area contributed by atoms with Gasteiger partial charge in [-0.3, -0.25) is 4.79 Å². The predicted molar refractivity (Wildman–Crippen MR) is 79.6 cm³/mol. The van der Waals surface area contributed by atoms with Crippen LogP contribution in [0.2, 0.25) is 0 Å². The first-order valence-electron chi connectivity index (χ1n) is 7.44. The Morgan fingerprint density at radius 1 is 1.45 bits per heavy atom. The van der Waals surface area contributed by atoms with E-state index in [0.717, 1.165) is 38.8 Å². The standard InChI is InChI=1S/C16H24N2O2/c1-12(4-5-13-6-8-15(19)9-7-13)18-16(20)14-3-2-10-17-11-14/h6-9,12,14,17,19H,2-5,10-11H2,1H3,(H,18,20)/t12?,14-/m0/s1. The van der Waals surface area contributed by atoms with Crippen molar-refractivity contribution >= 4 is 5.91 Å². The highest BCUT2D eigenvalue weighted by Crippen LogP contribution is 2.13. The third-order valence-corrected chi connectivity index (χ3v) is 3.86. The monoisotopic (exact) mass is 276 g/mol. The minimum Gasteiger partial charge on any atom is -0.508 e. The van der Waals surface area contributed by atoms with Gasteiger partial charge in [-0.2, -0.15) is 0 Å². The molecule has 1 fully saturated rings.